The van der Waals surface area contributed by atoms with Crippen molar-refractivity contribution in [2.45, 2.75) is 0 Å². The molecular formula is C19H16ClF2NO. The topological polar surface area (TPSA) is 29.1 Å². The molecule has 1 fully saturated rings. The van der Waals surface area contributed by atoms with Crippen LogP contribution in [0.3, 0.4) is 0 Å². The van der Waals surface area contributed by atoms with Crippen LogP contribution in [0.2, 0.25) is 0 Å². The maximum absolute atomic E-state index is 13.7. The largest absolute Gasteiger partial charge is 0.308 e. The number of piperidine rings is 1. The van der Waals surface area contributed by atoms with Crippen molar-refractivity contribution in [3.8, 4) is 0 Å². The van der Waals surface area contributed by atoms with E-state index in [0.29, 0.717) is 35.4 Å². The van der Waals surface area contributed by atoms with E-state index in [1.807, 2.05) is 0 Å². The minimum atomic E-state index is -0.377. The molecule has 1 aliphatic heterocycles. The second-order valence-corrected chi connectivity index (χ2v) is 5.31. The third-order valence-electron chi connectivity index (χ3n) is 3.68. The molecule has 1 saturated heterocycles. The molecule has 0 spiro atoms. The molecule has 1 heterocycles. The van der Waals surface area contributed by atoms with Crippen LogP contribution in [0.25, 0.3) is 12.2 Å². The first kappa shape index (κ1) is 18.0. The van der Waals surface area contributed by atoms with Crippen LogP contribution in [-0.2, 0) is 4.79 Å². The molecule has 2 nitrogen and oxygen atoms in total. The van der Waals surface area contributed by atoms with Crippen molar-refractivity contribution in [1.29, 1.82) is 0 Å². The highest BCUT2D eigenvalue weighted by Crippen LogP contribution is 2.19. The Balaban J connectivity index is 0.00000208. The molecule has 1 aliphatic rings. The maximum Gasteiger partial charge on any atom is 0.187 e. The first-order chi connectivity index (χ1) is 11.1. The van der Waals surface area contributed by atoms with E-state index >= 15 is 0 Å². The fourth-order valence-corrected chi connectivity index (χ4v) is 2.49. The third-order valence-corrected chi connectivity index (χ3v) is 3.68. The standard InChI is InChI=1S/C19H15F2NO.ClH/c20-17-7-3-1-5-13(17)9-15-11-22-12-16(19(15)23)10-14-6-2-4-8-18(14)21;/h1-10,22H,11-12H2;1H. The smallest absolute Gasteiger partial charge is 0.187 e. The highest BCUT2D eigenvalue weighted by atomic mass is 35.5. The van der Waals surface area contributed by atoms with Gasteiger partial charge in [0.15, 0.2) is 5.78 Å². The lowest BCUT2D eigenvalue weighted by Crippen LogP contribution is -2.32. The molecule has 0 aliphatic carbocycles. The van der Waals surface area contributed by atoms with E-state index in [1.54, 1.807) is 48.6 Å². The van der Waals surface area contributed by atoms with Gasteiger partial charge in [0, 0.05) is 35.4 Å². The number of carbonyl (C=O) groups is 1. The predicted molar refractivity (Wildman–Crippen MR) is 93.9 cm³/mol. The zero-order valence-corrected chi connectivity index (χ0v) is 13.6. The van der Waals surface area contributed by atoms with Crippen molar-refractivity contribution >= 4 is 30.3 Å². The SMILES string of the molecule is Cl.O=C1C(=Cc2ccccc2F)CNCC1=Cc1ccccc1F. The lowest BCUT2D eigenvalue weighted by molar-refractivity contribution is -0.112. The van der Waals surface area contributed by atoms with E-state index in [2.05, 4.69) is 5.32 Å². The summed E-state index contributed by atoms with van der Waals surface area (Å²) in [6, 6.07) is 12.6. The minimum absolute atomic E-state index is 0. The van der Waals surface area contributed by atoms with E-state index in [0.717, 1.165) is 0 Å². The van der Waals surface area contributed by atoms with E-state index in [4.69, 9.17) is 0 Å². The minimum Gasteiger partial charge on any atom is -0.308 e. The fourth-order valence-electron chi connectivity index (χ4n) is 2.49. The van der Waals surface area contributed by atoms with Crippen LogP contribution in [0.5, 0.6) is 0 Å². The van der Waals surface area contributed by atoms with Gasteiger partial charge in [0.05, 0.1) is 0 Å². The van der Waals surface area contributed by atoms with Crippen LogP contribution >= 0.6 is 12.4 Å². The second kappa shape index (κ2) is 7.99. The number of nitrogens with one attached hydrogen (secondary N) is 1. The summed E-state index contributed by atoms with van der Waals surface area (Å²) < 4.78 is 27.5. The molecule has 5 heteroatoms. The molecule has 24 heavy (non-hydrogen) atoms. The van der Waals surface area contributed by atoms with Crippen molar-refractivity contribution < 1.29 is 13.6 Å². The van der Waals surface area contributed by atoms with Gasteiger partial charge in [-0.05, 0) is 24.3 Å². The summed E-state index contributed by atoms with van der Waals surface area (Å²) in [6.45, 7) is 0.726. The number of ketones is 1. The number of hydrogen-bond acceptors (Lipinski definition) is 2. The average Bonchev–Trinajstić information content (AvgIpc) is 2.55. The fraction of sp³-hybridized carbons (Fsp3) is 0.105. The quantitative estimate of drug-likeness (QED) is 0.831. The van der Waals surface area contributed by atoms with Crippen LogP contribution in [0.15, 0.2) is 59.7 Å². The maximum atomic E-state index is 13.7. The number of Topliss-reactive ketones (excluding diaryl/α,β-unsaturated/α-hetero) is 1. The van der Waals surface area contributed by atoms with Crippen molar-refractivity contribution in [3.05, 3.63) is 82.4 Å². The lowest BCUT2D eigenvalue weighted by atomic mass is 9.95. The monoisotopic (exact) mass is 347 g/mol. The van der Waals surface area contributed by atoms with Crippen molar-refractivity contribution in [3.63, 3.8) is 0 Å². The van der Waals surface area contributed by atoms with Gasteiger partial charge < -0.3 is 5.32 Å². The first-order valence-corrected chi connectivity index (χ1v) is 7.31. The highest BCUT2D eigenvalue weighted by molar-refractivity contribution is 6.14. The van der Waals surface area contributed by atoms with Crippen molar-refractivity contribution in [1.82, 2.24) is 5.32 Å². The van der Waals surface area contributed by atoms with Gasteiger partial charge in [-0.1, -0.05) is 36.4 Å². The van der Waals surface area contributed by atoms with Crippen LogP contribution in [0.4, 0.5) is 8.78 Å². The molecule has 0 saturated carbocycles. The molecule has 0 unspecified atom stereocenters. The van der Waals surface area contributed by atoms with E-state index in [9.17, 15) is 13.6 Å². The summed E-state index contributed by atoms with van der Waals surface area (Å²) in [5.41, 5.74) is 1.66. The van der Waals surface area contributed by atoms with Gasteiger partial charge in [-0.15, -0.1) is 12.4 Å². The Bertz CT molecular complexity index is 749. The van der Waals surface area contributed by atoms with Gasteiger partial charge in [-0.2, -0.15) is 0 Å². The number of benzene rings is 2. The van der Waals surface area contributed by atoms with Crippen LogP contribution in [-0.4, -0.2) is 18.9 Å². The van der Waals surface area contributed by atoms with E-state index in [1.165, 1.54) is 12.1 Å². The molecule has 0 bridgehead atoms. The van der Waals surface area contributed by atoms with Crippen LogP contribution in [0, 0.1) is 11.6 Å². The second-order valence-electron chi connectivity index (χ2n) is 5.31. The third kappa shape index (κ3) is 3.96. The Kier molecular flexibility index (Phi) is 6.01. The number of carbonyl (C=O) groups excluding carboxylic acids is 1. The average molecular weight is 348 g/mol. The summed E-state index contributed by atoms with van der Waals surface area (Å²) in [6.07, 6.45) is 3.08. The Morgan fingerprint density at radius 1 is 0.792 bits per heavy atom. The number of rotatable bonds is 2. The lowest BCUT2D eigenvalue weighted by Gasteiger charge is -2.18. The molecule has 2 aromatic carbocycles. The Morgan fingerprint density at radius 2 is 1.21 bits per heavy atom. The zero-order valence-electron chi connectivity index (χ0n) is 12.8. The first-order valence-electron chi connectivity index (χ1n) is 7.31. The van der Waals surface area contributed by atoms with Gasteiger partial charge in [0.1, 0.15) is 11.6 Å². The molecule has 2 aromatic rings. The number of hydrogen-bond donors (Lipinski definition) is 1. The summed E-state index contributed by atoms with van der Waals surface area (Å²) in [7, 11) is 0. The normalized spacial score (nSPS) is 17.8. The highest BCUT2D eigenvalue weighted by Gasteiger charge is 2.20. The summed E-state index contributed by atoms with van der Waals surface area (Å²) in [5, 5.41) is 3.09. The molecular weight excluding hydrogens is 332 g/mol. The zero-order chi connectivity index (χ0) is 16.2. The van der Waals surface area contributed by atoms with Crippen LogP contribution in [0.1, 0.15) is 11.1 Å². The molecule has 0 atom stereocenters. The predicted octanol–water partition coefficient (Wildman–Crippen LogP) is 4.03. The Labute approximate surface area is 145 Å². The molecule has 0 aromatic heterocycles. The summed E-state index contributed by atoms with van der Waals surface area (Å²) in [4.78, 5) is 12.5. The van der Waals surface area contributed by atoms with Crippen LogP contribution < -0.4 is 5.32 Å². The van der Waals surface area contributed by atoms with Gasteiger partial charge >= 0.3 is 0 Å². The van der Waals surface area contributed by atoms with E-state index < -0.39 is 0 Å². The van der Waals surface area contributed by atoms with Gasteiger partial charge in [-0.25, -0.2) is 8.78 Å². The van der Waals surface area contributed by atoms with Gasteiger partial charge in [0.25, 0.3) is 0 Å². The molecule has 0 amide bonds. The molecule has 124 valence electrons. The number of halogens is 3. The summed E-state index contributed by atoms with van der Waals surface area (Å²) >= 11 is 0. The molecule has 0 radical (unpaired) electrons. The Hall–Kier alpha value is -2.30. The van der Waals surface area contributed by atoms with Crippen molar-refractivity contribution in [2.24, 2.45) is 0 Å². The molecule has 1 N–H and O–H groups in total. The molecule has 3 rings (SSSR count). The van der Waals surface area contributed by atoms with Gasteiger partial charge in [0.2, 0.25) is 0 Å². The van der Waals surface area contributed by atoms with Gasteiger partial charge in [-0.3, -0.25) is 4.79 Å². The Morgan fingerprint density at radius 3 is 1.62 bits per heavy atom. The summed E-state index contributed by atoms with van der Waals surface area (Å²) in [5.74, 6) is -0.939. The van der Waals surface area contributed by atoms with E-state index in [-0.39, 0.29) is 29.8 Å². The van der Waals surface area contributed by atoms with Crippen molar-refractivity contribution in [2.75, 3.05) is 13.1 Å².